The van der Waals surface area contributed by atoms with Crippen molar-refractivity contribution in [3.05, 3.63) is 0 Å². The van der Waals surface area contributed by atoms with Gasteiger partial charge in [0, 0.05) is 19.6 Å². The van der Waals surface area contributed by atoms with Gasteiger partial charge in [-0.15, -0.1) is 0 Å². The monoisotopic (exact) mass is 239 g/mol. The van der Waals surface area contributed by atoms with E-state index in [9.17, 15) is 4.79 Å². The highest BCUT2D eigenvalue weighted by Crippen LogP contribution is 2.14. The van der Waals surface area contributed by atoms with Crippen LogP contribution in [0.2, 0.25) is 0 Å². The first-order valence-corrected chi connectivity index (χ1v) is 6.87. The van der Waals surface area contributed by atoms with Crippen LogP contribution in [0.5, 0.6) is 0 Å². The number of nitrogens with one attached hydrogen (secondary N) is 1. The van der Waals surface area contributed by atoms with Gasteiger partial charge in [-0.1, -0.05) is 0 Å². The molecule has 2 saturated heterocycles. The maximum absolute atomic E-state index is 12.1. The molecule has 2 heterocycles. The number of nitrogens with zero attached hydrogens (tertiary/aromatic N) is 2. The standard InChI is InChI=1S/C13H25N3O/c1-11(13(17)16-6-3-4-7-16)14-9-12-5-8-15(2)10-12/h11-12,14H,3-10H2,1-2H3. The van der Waals surface area contributed by atoms with E-state index in [2.05, 4.69) is 17.3 Å². The van der Waals surface area contributed by atoms with E-state index >= 15 is 0 Å². The van der Waals surface area contributed by atoms with Crippen molar-refractivity contribution in [3.8, 4) is 0 Å². The largest absolute Gasteiger partial charge is 0.341 e. The quantitative estimate of drug-likeness (QED) is 0.778. The average Bonchev–Trinajstić information content (AvgIpc) is 2.95. The van der Waals surface area contributed by atoms with Gasteiger partial charge in [-0.3, -0.25) is 4.79 Å². The van der Waals surface area contributed by atoms with Gasteiger partial charge in [0.25, 0.3) is 0 Å². The summed E-state index contributed by atoms with van der Waals surface area (Å²) in [5, 5.41) is 3.40. The molecule has 1 N–H and O–H groups in total. The molecule has 2 aliphatic rings. The Labute approximate surface area is 104 Å². The predicted octanol–water partition coefficient (Wildman–Crippen LogP) is 0.539. The smallest absolute Gasteiger partial charge is 0.239 e. The van der Waals surface area contributed by atoms with Crippen molar-refractivity contribution in [2.45, 2.75) is 32.2 Å². The molecule has 0 aromatic carbocycles. The third kappa shape index (κ3) is 3.42. The zero-order valence-corrected chi connectivity index (χ0v) is 11.1. The molecule has 2 unspecified atom stereocenters. The molecular formula is C13H25N3O. The van der Waals surface area contributed by atoms with Crippen molar-refractivity contribution in [2.24, 2.45) is 5.92 Å². The summed E-state index contributed by atoms with van der Waals surface area (Å²) < 4.78 is 0. The van der Waals surface area contributed by atoms with E-state index < -0.39 is 0 Å². The number of likely N-dealkylation sites (tertiary alicyclic amines) is 2. The lowest BCUT2D eigenvalue weighted by molar-refractivity contribution is -0.131. The first-order chi connectivity index (χ1) is 8.16. The van der Waals surface area contributed by atoms with Gasteiger partial charge in [-0.05, 0) is 52.2 Å². The molecule has 0 aromatic rings. The van der Waals surface area contributed by atoms with Crippen molar-refractivity contribution >= 4 is 5.91 Å². The molecule has 0 aliphatic carbocycles. The fourth-order valence-electron chi connectivity index (χ4n) is 2.84. The highest BCUT2D eigenvalue weighted by Gasteiger charge is 2.25. The molecule has 2 aliphatic heterocycles. The van der Waals surface area contributed by atoms with Crippen LogP contribution in [0.15, 0.2) is 0 Å². The number of hydrogen-bond donors (Lipinski definition) is 1. The van der Waals surface area contributed by atoms with Crippen molar-refractivity contribution in [1.82, 2.24) is 15.1 Å². The summed E-state index contributed by atoms with van der Waals surface area (Å²) in [6.07, 6.45) is 3.60. The third-order valence-corrected chi connectivity index (χ3v) is 3.99. The number of rotatable bonds is 4. The van der Waals surface area contributed by atoms with Crippen LogP contribution in [-0.4, -0.2) is 61.5 Å². The number of carbonyl (C=O) groups excluding carboxylic acids is 1. The molecule has 2 atom stereocenters. The minimum atomic E-state index is -0.0148. The third-order valence-electron chi connectivity index (χ3n) is 3.99. The van der Waals surface area contributed by atoms with Crippen LogP contribution < -0.4 is 5.32 Å². The van der Waals surface area contributed by atoms with Gasteiger partial charge >= 0.3 is 0 Å². The van der Waals surface area contributed by atoms with Crippen molar-refractivity contribution in [1.29, 1.82) is 0 Å². The summed E-state index contributed by atoms with van der Waals surface area (Å²) in [5.41, 5.74) is 0. The average molecular weight is 239 g/mol. The van der Waals surface area contributed by atoms with Crippen molar-refractivity contribution in [3.63, 3.8) is 0 Å². The second kappa shape index (κ2) is 5.83. The van der Waals surface area contributed by atoms with Crippen LogP contribution in [0.3, 0.4) is 0 Å². The van der Waals surface area contributed by atoms with Gasteiger partial charge in [0.1, 0.15) is 0 Å². The molecule has 1 amide bonds. The Balaban J connectivity index is 1.69. The van der Waals surface area contributed by atoms with Gasteiger partial charge in [0.05, 0.1) is 6.04 Å². The van der Waals surface area contributed by atoms with Crippen LogP contribution in [0.4, 0.5) is 0 Å². The van der Waals surface area contributed by atoms with Gasteiger partial charge in [0.2, 0.25) is 5.91 Å². The second-order valence-corrected chi connectivity index (χ2v) is 5.58. The van der Waals surface area contributed by atoms with Gasteiger partial charge in [-0.25, -0.2) is 0 Å². The summed E-state index contributed by atoms with van der Waals surface area (Å²) in [5.74, 6) is 1.00. The minimum Gasteiger partial charge on any atom is -0.341 e. The van der Waals surface area contributed by atoms with Crippen LogP contribution in [0, 0.1) is 5.92 Å². The van der Waals surface area contributed by atoms with E-state index in [0.717, 1.165) is 26.2 Å². The Morgan fingerprint density at radius 2 is 2.06 bits per heavy atom. The van der Waals surface area contributed by atoms with Crippen LogP contribution in [0.1, 0.15) is 26.2 Å². The van der Waals surface area contributed by atoms with Gasteiger partial charge in [0.15, 0.2) is 0 Å². The Morgan fingerprint density at radius 3 is 2.65 bits per heavy atom. The first kappa shape index (κ1) is 12.8. The summed E-state index contributed by atoms with van der Waals surface area (Å²) in [4.78, 5) is 16.4. The van der Waals surface area contributed by atoms with E-state index in [1.54, 1.807) is 0 Å². The van der Waals surface area contributed by atoms with Crippen LogP contribution >= 0.6 is 0 Å². The molecule has 0 saturated carbocycles. The summed E-state index contributed by atoms with van der Waals surface area (Å²) in [6, 6.07) is -0.0148. The maximum Gasteiger partial charge on any atom is 0.239 e. The second-order valence-electron chi connectivity index (χ2n) is 5.58. The van der Waals surface area contributed by atoms with Gasteiger partial charge < -0.3 is 15.1 Å². The number of hydrogen-bond acceptors (Lipinski definition) is 3. The molecule has 4 heteroatoms. The number of carbonyl (C=O) groups is 1. The molecule has 4 nitrogen and oxygen atoms in total. The molecular weight excluding hydrogens is 214 g/mol. The van der Waals surface area contributed by atoms with E-state index in [0.29, 0.717) is 5.92 Å². The Hall–Kier alpha value is -0.610. The zero-order chi connectivity index (χ0) is 12.3. The Morgan fingerprint density at radius 1 is 1.35 bits per heavy atom. The lowest BCUT2D eigenvalue weighted by atomic mass is 10.1. The molecule has 17 heavy (non-hydrogen) atoms. The van der Waals surface area contributed by atoms with Gasteiger partial charge in [-0.2, -0.15) is 0 Å². The molecule has 2 rings (SSSR count). The predicted molar refractivity (Wildman–Crippen MR) is 68.9 cm³/mol. The van der Waals surface area contributed by atoms with Crippen LogP contribution in [0.25, 0.3) is 0 Å². The summed E-state index contributed by atoms with van der Waals surface area (Å²) >= 11 is 0. The molecule has 0 radical (unpaired) electrons. The van der Waals surface area contributed by atoms with E-state index in [1.807, 2.05) is 11.8 Å². The lowest BCUT2D eigenvalue weighted by Gasteiger charge is -2.22. The maximum atomic E-state index is 12.1. The van der Waals surface area contributed by atoms with E-state index in [4.69, 9.17) is 0 Å². The highest BCUT2D eigenvalue weighted by atomic mass is 16.2. The van der Waals surface area contributed by atoms with E-state index in [1.165, 1.54) is 25.8 Å². The van der Waals surface area contributed by atoms with E-state index in [-0.39, 0.29) is 11.9 Å². The highest BCUT2D eigenvalue weighted by molar-refractivity contribution is 5.81. The molecule has 0 aromatic heterocycles. The molecule has 0 bridgehead atoms. The zero-order valence-electron chi connectivity index (χ0n) is 11.1. The molecule has 2 fully saturated rings. The van der Waals surface area contributed by atoms with Crippen molar-refractivity contribution in [2.75, 3.05) is 39.8 Å². The lowest BCUT2D eigenvalue weighted by Crippen LogP contribution is -2.45. The normalized spacial score (nSPS) is 27.6. The Kier molecular flexibility index (Phi) is 4.40. The van der Waals surface area contributed by atoms with Crippen molar-refractivity contribution < 1.29 is 4.79 Å². The van der Waals surface area contributed by atoms with Crippen LogP contribution in [-0.2, 0) is 4.79 Å². The fourth-order valence-corrected chi connectivity index (χ4v) is 2.84. The molecule has 98 valence electrons. The SMILES string of the molecule is CC(NCC1CCN(C)C1)C(=O)N1CCCC1. The first-order valence-electron chi connectivity index (χ1n) is 6.87. The molecule has 0 spiro atoms. The summed E-state index contributed by atoms with van der Waals surface area (Å²) in [6.45, 7) is 7.25. The Bertz CT molecular complexity index is 263. The topological polar surface area (TPSA) is 35.6 Å². The fraction of sp³-hybridized carbons (Fsp3) is 0.923. The number of amides is 1. The minimum absolute atomic E-state index is 0.0148. The summed E-state index contributed by atoms with van der Waals surface area (Å²) in [7, 11) is 2.17.